The van der Waals surface area contributed by atoms with E-state index in [0.29, 0.717) is 24.0 Å². The highest BCUT2D eigenvalue weighted by molar-refractivity contribution is 5.55. The Morgan fingerprint density at radius 1 is 1.12 bits per heavy atom. The number of pyridine rings is 1. The van der Waals surface area contributed by atoms with Gasteiger partial charge in [-0.2, -0.15) is 10.1 Å². The summed E-state index contributed by atoms with van der Waals surface area (Å²) in [4.78, 5) is 8.60. The first-order valence-electron chi connectivity index (χ1n) is 7.73. The van der Waals surface area contributed by atoms with E-state index in [1.165, 1.54) is 0 Å². The van der Waals surface area contributed by atoms with Crippen molar-refractivity contribution >= 4 is 0 Å². The molecule has 3 heterocycles. The molecule has 0 bridgehead atoms. The van der Waals surface area contributed by atoms with Crippen LogP contribution in [0.2, 0.25) is 0 Å². The number of aromatic nitrogens is 5. The Labute approximate surface area is 143 Å². The second-order valence-electron chi connectivity index (χ2n) is 5.41. The monoisotopic (exact) mass is 333 g/mol. The van der Waals surface area contributed by atoms with Crippen molar-refractivity contribution in [1.29, 1.82) is 0 Å². The number of benzene rings is 1. The second kappa shape index (κ2) is 6.56. The summed E-state index contributed by atoms with van der Waals surface area (Å²) in [6.45, 7) is 0.644. The first-order chi connectivity index (χ1) is 12.3. The van der Waals surface area contributed by atoms with Gasteiger partial charge in [0.2, 0.25) is 5.82 Å². The number of nitrogens with zero attached hydrogens (tertiary/aromatic N) is 5. The molecule has 0 fully saturated rings. The first kappa shape index (κ1) is 15.1. The standard InChI is InChI=1S/C18H15N5O2/c1-24-15-7-5-13(6-8-15)11-23-12-14(10-20-23)18-21-17(22-25-18)16-4-2-3-9-19-16/h2-10,12H,11H2,1H3. The number of hydrogen-bond donors (Lipinski definition) is 0. The van der Waals surface area contributed by atoms with Crippen LogP contribution in [-0.4, -0.2) is 32.0 Å². The Bertz CT molecular complexity index is 961. The fourth-order valence-electron chi connectivity index (χ4n) is 2.42. The van der Waals surface area contributed by atoms with E-state index >= 15 is 0 Å². The van der Waals surface area contributed by atoms with Gasteiger partial charge in [-0.1, -0.05) is 23.4 Å². The third-order valence-electron chi connectivity index (χ3n) is 3.70. The van der Waals surface area contributed by atoms with Crippen molar-refractivity contribution in [3.63, 3.8) is 0 Å². The van der Waals surface area contributed by atoms with Crippen LogP contribution in [-0.2, 0) is 6.54 Å². The summed E-state index contributed by atoms with van der Waals surface area (Å²) >= 11 is 0. The summed E-state index contributed by atoms with van der Waals surface area (Å²) in [5.41, 5.74) is 2.56. The van der Waals surface area contributed by atoms with Crippen molar-refractivity contribution in [2.45, 2.75) is 6.54 Å². The lowest BCUT2D eigenvalue weighted by atomic mass is 10.2. The van der Waals surface area contributed by atoms with E-state index < -0.39 is 0 Å². The SMILES string of the molecule is COc1ccc(Cn2cc(-c3nc(-c4ccccn4)no3)cn2)cc1. The van der Waals surface area contributed by atoms with Crippen LogP contribution in [0.4, 0.5) is 0 Å². The van der Waals surface area contributed by atoms with Gasteiger partial charge < -0.3 is 9.26 Å². The van der Waals surface area contributed by atoms with E-state index in [0.717, 1.165) is 16.9 Å². The molecule has 0 radical (unpaired) electrons. The summed E-state index contributed by atoms with van der Waals surface area (Å²) in [6.07, 6.45) is 5.28. The molecule has 0 aliphatic rings. The summed E-state index contributed by atoms with van der Waals surface area (Å²) in [5.74, 6) is 1.71. The van der Waals surface area contributed by atoms with Crippen molar-refractivity contribution in [3.8, 4) is 28.7 Å². The third-order valence-corrected chi connectivity index (χ3v) is 3.70. The molecule has 4 rings (SSSR count). The third kappa shape index (κ3) is 3.25. The maximum absolute atomic E-state index is 5.33. The number of ether oxygens (including phenoxy) is 1. The van der Waals surface area contributed by atoms with Gasteiger partial charge in [-0.25, -0.2) is 0 Å². The van der Waals surface area contributed by atoms with Crippen molar-refractivity contribution in [1.82, 2.24) is 24.9 Å². The predicted molar refractivity (Wildman–Crippen MR) is 90.8 cm³/mol. The average Bonchev–Trinajstić information content (AvgIpc) is 3.32. The molecule has 0 saturated heterocycles. The maximum Gasteiger partial charge on any atom is 0.261 e. The molecule has 25 heavy (non-hydrogen) atoms. The molecule has 4 aromatic rings. The van der Waals surface area contributed by atoms with E-state index in [9.17, 15) is 0 Å². The van der Waals surface area contributed by atoms with E-state index in [4.69, 9.17) is 9.26 Å². The topological polar surface area (TPSA) is 78.9 Å². The number of hydrogen-bond acceptors (Lipinski definition) is 6. The largest absolute Gasteiger partial charge is 0.497 e. The van der Waals surface area contributed by atoms with Crippen LogP contribution in [0.1, 0.15) is 5.56 Å². The molecular weight excluding hydrogens is 318 g/mol. The van der Waals surface area contributed by atoms with Crippen LogP contribution >= 0.6 is 0 Å². The minimum Gasteiger partial charge on any atom is -0.497 e. The van der Waals surface area contributed by atoms with Gasteiger partial charge in [0, 0.05) is 12.4 Å². The van der Waals surface area contributed by atoms with Gasteiger partial charge in [-0.15, -0.1) is 0 Å². The molecular formula is C18H15N5O2. The van der Waals surface area contributed by atoms with Crippen molar-refractivity contribution < 1.29 is 9.26 Å². The summed E-state index contributed by atoms with van der Waals surface area (Å²) in [7, 11) is 1.65. The summed E-state index contributed by atoms with van der Waals surface area (Å²) < 4.78 is 12.3. The normalized spacial score (nSPS) is 10.8. The minimum absolute atomic E-state index is 0.418. The van der Waals surface area contributed by atoms with Crippen molar-refractivity contribution in [3.05, 3.63) is 66.6 Å². The van der Waals surface area contributed by atoms with Crippen LogP contribution in [0, 0.1) is 0 Å². The zero-order chi connectivity index (χ0) is 17.1. The molecule has 0 aliphatic carbocycles. The number of methoxy groups -OCH3 is 1. The zero-order valence-corrected chi connectivity index (χ0v) is 13.5. The van der Waals surface area contributed by atoms with E-state index in [1.807, 2.05) is 53.3 Å². The highest BCUT2D eigenvalue weighted by atomic mass is 16.5. The van der Waals surface area contributed by atoms with Gasteiger partial charge >= 0.3 is 0 Å². The van der Waals surface area contributed by atoms with Crippen LogP contribution in [0.25, 0.3) is 23.0 Å². The molecule has 0 spiro atoms. The Hall–Kier alpha value is -3.48. The molecule has 3 aromatic heterocycles. The summed E-state index contributed by atoms with van der Waals surface area (Å²) in [5, 5.41) is 8.33. The fourth-order valence-corrected chi connectivity index (χ4v) is 2.42. The van der Waals surface area contributed by atoms with Gasteiger partial charge in [-0.3, -0.25) is 9.67 Å². The molecule has 0 saturated carbocycles. The van der Waals surface area contributed by atoms with Gasteiger partial charge in [-0.05, 0) is 29.8 Å². The lowest BCUT2D eigenvalue weighted by Crippen LogP contribution is -1.99. The van der Waals surface area contributed by atoms with Crippen molar-refractivity contribution in [2.75, 3.05) is 7.11 Å². The molecule has 0 N–H and O–H groups in total. The quantitative estimate of drug-likeness (QED) is 0.558. The molecule has 7 nitrogen and oxygen atoms in total. The van der Waals surface area contributed by atoms with Gasteiger partial charge in [0.1, 0.15) is 11.4 Å². The molecule has 7 heteroatoms. The zero-order valence-electron chi connectivity index (χ0n) is 13.5. The Morgan fingerprint density at radius 2 is 2.00 bits per heavy atom. The highest BCUT2D eigenvalue weighted by Gasteiger charge is 2.13. The van der Waals surface area contributed by atoms with E-state index in [-0.39, 0.29) is 0 Å². The first-order valence-corrected chi connectivity index (χ1v) is 7.73. The second-order valence-corrected chi connectivity index (χ2v) is 5.41. The Kier molecular flexibility index (Phi) is 3.96. The van der Waals surface area contributed by atoms with Crippen LogP contribution in [0.3, 0.4) is 0 Å². The fraction of sp³-hybridized carbons (Fsp3) is 0.111. The van der Waals surface area contributed by atoms with Crippen LogP contribution < -0.4 is 4.74 Å². The van der Waals surface area contributed by atoms with E-state index in [2.05, 4.69) is 20.2 Å². The smallest absolute Gasteiger partial charge is 0.261 e. The minimum atomic E-state index is 0.418. The average molecular weight is 333 g/mol. The molecule has 0 aliphatic heterocycles. The van der Waals surface area contributed by atoms with Crippen LogP contribution in [0.15, 0.2) is 65.6 Å². The lowest BCUT2D eigenvalue weighted by Gasteiger charge is -2.03. The molecule has 0 unspecified atom stereocenters. The molecule has 0 atom stereocenters. The van der Waals surface area contributed by atoms with Gasteiger partial charge in [0.25, 0.3) is 5.89 Å². The molecule has 0 amide bonds. The molecule has 1 aromatic carbocycles. The maximum atomic E-state index is 5.33. The van der Waals surface area contributed by atoms with Crippen molar-refractivity contribution in [2.24, 2.45) is 0 Å². The Balaban J connectivity index is 1.52. The van der Waals surface area contributed by atoms with Crippen LogP contribution in [0.5, 0.6) is 5.75 Å². The van der Waals surface area contributed by atoms with Gasteiger partial charge in [0.15, 0.2) is 0 Å². The predicted octanol–water partition coefficient (Wildman–Crippen LogP) is 3.05. The van der Waals surface area contributed by atoms with Gasteiger partial charge in [0.05, 0.1) is 25.4 Å². The lowest BCUT2D eigenvalue weighted by molar-refractivity contribution is 0.414. The molecule has 124 valence electrons. The highest BCUT2D eigenvalue weighted by Crippen LogP contribution is 2.21. The van der Waals surface area contributed by atoms with E-state index in [1.54, 1.807) is 19.5 Å². The number of rotatable bonds is 5. The Morgan fingerprint density at radius 3 is 2.76 bits per heavy atom. The summed E-state index contributed by atoms with van der Waals surface area (Å²) in [6, 6.07) is 13.4.